The summed E-state index contributed by atoms with van der Waals surface area (Å²) in [5.41, 5.74) is 0.458. The Balaban J connectivity index is 2.09. The van der Waals surface area contributed by atoms with Gasteiger partial charge in [0.1, 0.15) is 11.4 Å². The molecule has 0 bridgehead atoms. The van der Waals surface area contributed by atoms with Crippen LogP contribution in [0.15, 0.2) is 6.07 Å². The van der Waals surface area contributed by atoms with Crippen LogP contribution in [0.4, 0.5) is 4.79 Å². The predicted octanol–water partition coefficient (Wildman–Crippen LogP) is 5.05. The minimum atomic E-state index is -0.487. The van der Waals surface area contributed by atoms with Crippen LogP contribution in [0, 0.1) is 3.57 Å². The van der Waals surface area contributed by atoms with E-state index in [4.69, 9.17) is 32.7 Å². The Labute approximate surface area is 179 Å². The van der Waals surface area contributed by atoms with Crippen LogP contribution in [0.3, 0.4) is 0 Å². The van der Waals surface area contributed by atoms with E-state index in [1.54, 1.807) is 12.0 Å². The molecule has 0 radical (unpaired) electrons. The molecule has 0 aliphatic carbocycles. The molecule has 1 aliphatic rings. The summed E-state index contributed by atoms with van der Waals surface area (Å²) in [4.78, 5) is 16.3. The molecule has 1 atom stereocenters. The van der Waals surface area contributed by atoms with Gasteiger partial charge < -0.3 is 14.4 Å². The number of ether oxygens (including phenoxy) is 2. The Morgan fingerprint density at radius 2 is 2.00 bits per heavy atom. The van der Waals surface area contributed by atoms with Crippen molar-refractivity contribution in [1.82, 2.24) is 9.80 Å². The normalized spacial score (nSPS) is 18.8. The summed E-state index contributed by atoms with van der Waals surface area (Å²) >= 11 is 14.8. The molecule has 26 heavy (non-hydrogen) atoms. The van der Waals surface area contributed by atoms with Gasteiger partial charge in [-0.1, -0.05) is 23.2 Å². The van der Waals surface area contributed by atoms with Crippen LogP contribution < -0.4 is 4.74 Å². The van der Waals surface area contributed by atoms with Gasteiger partial charge in [-0.2, -0.15) is 0 Å². The summed E-state index contributed by atoms with van der Waals surface area (Å²) in [6, 6.07) is 2.08. The smallest absolute Gasteiger partial charge is 0.410 e. The molecule has 1 saturated heterocycles. The molecule has 0 spiro atoms. The predicted molar refractivity (Wildman–Crippen MR) is 113 cm³/mol. The number of benzene rings is 1. The average Bonchev–Trinajstić information content (AvgIpc) is 2.53. The second-order valence-corrected chi connectivity index (χ2v) is 9.29. The van der Waals surface area contributed by atoms with Crippen LogP contribution in [-0.4, -0.2) is 54.3 Å². The van der Waals surface area contributed by atoms with E-state index in [1.165, 1.54) is 0 Å². The quantitative estimate of drug-likeness (QED) is 0.418. The molecule has 1 aliphatic heterocycles. The first-order valence-electron chi connectivity index (χ1n) is 8.45. The van der Waals surface area contributed by atoms with Gasteiger partial charge in [0.2, 0.25) is 0 Å². The molecule has 0 saturated carbocycles. The van der Waals surface area contributed by atoms with Crippen molar-refractivity contribution in [3.05, 3.63) is 25.2 Å². The Morgan fingerprint density at radius 1 is 1.35 bits per heavy atom. The van der Waals surface area contributed by atoms with E-state index in [1.807, 2.05) is 26.8 Å². The highest BCUT2D eigenvalue weighted by atomic mass is 127. The van der Waals surface area contributed by atoms with E-state index in [2.05, 4.69) is 34.4 Å². The largest absolute Gasteiger partial charge is 0.495 e. The highest BCUT2D eigenvalue weighted by Gasteiger charge is 2.30. The van der Waals surface area contributed by atoms with Crippen LogP contribution in [0.2, 0.25) is 10.0 Å². The van der Waals surface area contributed by atoms with Crippen molar-refractivity contribution in [2.75, 3.05) is 26.7 Å². The van der Waals surface area contributed by atoms with Gasteiger partial charge in [0, 0.05) is 37.8 Å². The lowest BCUT2D eigenvalue weighted by Crippen LogP contribution is -2.54. The summed E-state index contributed by atoms with van der Waals surface area (Å²) in [5, 5.41) is 1.15. The van der Waals surface area contributed by atoms with Crippen molar-refractivity contribution >= 4 is 51.9 Å². The van der Waals surface area contributed by atoms with Crippen molar-refractivity contribution in [2.24, 2.45) is 0 Å². The number of amides is 1. The topological polar surface area (TPSA) is 42.0 Å². The lowest BCUT2D eigenvalue weighted by molar-refractivity contribution is 0.00451. The lowest BCUT2D eigenvalue weighted by atomic mass is 10.1. The molecule has 2 rings (SSSR count). The standard InChI is InChI=1S/C18H25Cl2IN2O3/c1-11-9-23(17(24)26-18(2,3)4)7-6-22(11)10-12-8-13(19)15(21)14(20)16(12)25-5/h8,11H,6-7,9-10H2,1-5H3/t11-/m1/s1. The summed E-state index contributed by atoms with van der Waals surface area (Å²) in [7, 11) is 1.61. The Hall–Kier alpha value is -0.440. The van der Waals surface area contributed by atoms with Gasteiger partial charge in [-0.3, -0.25) is 4.90 Å². The number of methoxy groups -OCH3 is 1. The van der Waals surface area contributed by atoms with Crippen LogP contribution in [0.25, 0.3) is 0 Å². The van der Waals surface area contributed by atoms with Crippen molar-refractivity contribution in [2.45, 2.75) is 45.9 Å². The van der Waals surface area contributed by atoms with Gasteiger partial charge in [-0.25, -0.2) is 4.79 Å². The maximum atomic E-state index is 12.3. The molecule has 5 nitrogen and oxygen atoms in total. The first kappa shape index (κ1) is 21.9. The van der Waals surface area contributed by atoms with Crippen LogP contribution in [-0.2, 0) is 11.3 Å². The lowest BCUT2D eigenvalue weighted by Gasteiger charge is -2.40. The fourth-order valence-electron chi connectivity index (χ4n) is 2.91. The fourth-order valence-corrected chi connectivity index (χ4v) is 3.88. The Kier molecular flexibility index (Phi) is 7.32. The molecule has 1 amide bonds. The highest BCUT2D eigenvalue weighted by Crippen LogP contribution is 2.38. The van der Waals surface area contributed by atoms with Crippen LogP contribution in [0.5, 0.6) is 5.75 Å². The molecular formula is C18H25Cl2IN2O3. The number of rotatable bonds is 3. The molecular weight excluding hydrogens is 490 g/mol. The number of piperazine rings is 1. The average molecular weight is 515 g/mol. The van der Waals surface area contributed by atoms with E-state index >= 15 is 0 Å². The number of carbonyl (C=O) groups is 1. The number of hydrogen-bond acceptors (Lipinski definition) is 4. The maximum Gasteiger partial charge on any atom is 0.410 e. The fraction of sp³-hybridized carbons (Fsp3) is 0.611. The van der Waals surface area contributed by atoms with Crippen molar-refractivity contribution in [1.29, 1.82) is 0 Å². The van der Waals surface area contributed by atoms with E-state index in [0.29, 0.717) is 35.4 Å². The van der Waals surface area contributed by atoms with Gasteiger partial charge >= 0.3 is 6.09 Å². The first-order valence-corrected chi connectivity index (χ1v) is 10.3. The molecule has 8 heteroatoms. The zero-order valence-electron chi connectivity index (χ0n) is 15.7. The number of hydrogen-bond donors (Lipinski definition) is 0. The van der Waals surface area contributed by atoms with E-state index < -0.39 is 5.60 Å². The molecule has 146 valence electrons. The molecule has 1 aromatic rings. The summed E-state index contributed by atoms with van der Waals surface area (Å²) in [5.74, 6) is 0.655. The van der Waals surface area contributed by atoms with Crippen LogP contribution >= 0.6 is 45.8 Å². The Morgan fingerprint density at radius 3 is 2.54 bits per heavy atom. The highest BCUT2D eigenvalue weighted by molar-refractivity contribution is 14.1. The number of halogens is 3. The van der Waals surface area contributed by atoms with E-state index in [0.717, 1.165) is 15.7 Å². The van der Waals surface area contributed by atoms with E-state index in [9.17, 15) is 4.79 Å². The van der Waals surface area contributed by atoms with Gasteiger partial charge in [-0.05, 0) is 56.4 Å². The minimum absolute atomic E-state index is 0.179. The third-order valence-electron chi connectivity index (χ3n) is 4.19. The summed E-state index contributed by atoms with van der Waals surface area (Å²) < 4.78 is 11.8. The first-order chi connectivity index (χ1) is 12.0. The van der Waals surface area contributed by atoms with Gasteiger partial charge in [0.15, 0.2) is 0 Å². The van der Waals surface area contributed by atoms with Gasteiger partial charge in [0.05, 0.1) is 20.7 Å². The van der Waals surface area contributed by atoms with Crippen molar-refractivity contribution in [3.8, 4) is 5.75 Å². The third kappa shape index (κ3) is 5.30. The molecule has 0 unspecified atom stereocenters. The van der Waals surface area contributed by atoms with Gasteiger partial charge in [0.25, 0.3) is 0 Å². The monoisotopic (exact) mass is 514 g/mol. The van der Waals surface area contributed by atoms with E-state index in [-0.39, 0.29) is 12.1 Å². The van der Waals surface area contributed by atoms with Crippen molar-refractivity contribution < 1.29 is 14.3 Å². The zero-order chi connectivity index (χ0) is 19.6. The minimum Gasteiger partial charge on any atom is -0.495 e. The number of carbonyl (C=O) groups excluding carboxylic acids is 1. The summed E-state index contributed by atoms with van der Waals surface area (Å²) in [6.45, 7) is 10.4. The molecule has 1 aromatic carbocycles. The van der Waals surface area contributed by atoms with Crippen LogP contribution in [0.1, 0.15) is 33.3 Å². The van der Waals surface area contributed by atoms with Gasteiger partial charge in [-0.15, -0.1) is 0 Å². The second kappa shape index (κ2) is 8.71. The molecule has 0 aromatic heterocycles. The SMILES string of the molecule is COc1c(CN2CCN(C(=O)OC(C)(C)C)C[C@H]2C)cc(Cl)c(I)c1Cl. The molecule has 1 fully saturated rings. The van der Waals surface area contributed by atoms with Crippen molar-refractivity contribution in [3.63, 3.8) is 0 Å². The second-order valence-electron chi connectivity index (χ2n) is 7.42. The zero-order valence-corrected chi connectivity index (χ0v) is 19.4. The Bertz CT molecular complexity index is 679. The third-order valence-corrected chi connectivity index (χ3v) is 6.61. The number of nitrogens with zero attached hydrogens (tertiary/aromatic N) is 2. The maximum absolute atomic E-state index is 12.3. The molecule has 1 heterocycles. The molecule has 0 N–H and O–H groups in total. The summed E-state index contributed by atoms with van der Waals surface area (Å²) in [6.07, 6.45) is -0.262.